The van der Waals surface area contributed by atoms with E-state index in [1.54, 1.807) is 42.5 Å². The van der Waals surface area contributed by atoms with Crippen molar-refractivity contribution in [3.63, 3.8) is 0 Å². The first-order chi connectivity index (χ1) is 11.6. The van der Waals surface area contributed by atoms with Gasteiger partial charge in [-0.25, -0.2) is 0 Å². The number of halogens is 1. The Balaban J connectivity index is 1.94. The number of benzene rings is 2. The summed E-state index contributed by atoms with van der Waals surface area (Å²) in [5, 5.41) is 9.98. The average Bonchev–Trinajstić information content (AvgIpc) is 2.58. The van der Waals surface area contributed by atoms with Crippen molar-refractivity contribution in [1.29, 1.82) is 5.26 Å². The summed E-state index contributed by atoms with van der Waals surface area (Å²) in [6, 6.07) is 14.5. The largest absolute Gasteiger partial charge is 0.488 e. The van der Waals surface area contributed by atoms with Crippen molar-refractivity contribution in [1.82, 2.24) is 0 Å². The first kappa shape index (κ1) is 16.0. The highest BCUT2D eigenvalue weighted by Gasteiger charge is 2.15. The van der Waals surface area contributed by atoms with Gasteiger partial charge >= 0.3 is 0 Å². The van der Waals surface area contributed by atoms with Crippen LogP contribution in [0.4, 0.5) is 0 Å². The Bertz CT molecular complexity index is 919. The molecule has 0 amide bonds. The zero-order valence-corrected chi connectivity index (χ0v) is 13.8. The highest BCUT2D eigenvalue weighted by Crippen LogP contribution is 2.29. The molecule has 118 valence electrons. The zero-order valence-electron chi connectivity index (χ0n) is 13.0. The number of ketones is 1. The number of aryl methyl sites for hydroxylation is 1. The Morgan fingerprint density at radius 2 is 2.12 bits per heavy atom. The van der Waals surface area contributed by atoms with Gasteiger partial charge in [0, 0.05) is 16.1 Å². The molecule has 0 atom stereocenters. The maximum Gasteiger partial charge on any atom is 0.203 e. The Morgan fingerprint density at radius 1 is 1.29 bits per heavy atom. The van der Waals surface area contributed by atoms with E-state index in [2.05, 4.69) is 0 Å². The molecule has 4 heteroatoms. The molecule has 0 fully saturated rings. The first-order valence-electron chi connectivity index (χ1n) is 7.43. The third kappa shape index (κ3) is 3.40. The third-order valence-corrected chi connectivity index (χ3v) is 3.92. The van der Waals surface area contributed by atoms with E-state index in [-0.39, 0.29) is 11.4 Å². The van der Waals surface area contributed by atoms with Crippen molar-refractivity contribution in [3.8, 4) is 11.8 Å². The Labute approximate surface area is 145 Å². The lowest BCUT2D eigenvalue weighted by Gasteiger charge is -2.16. The van der Waals surface area contributed by atoms with Gasteiger partial charge in [-0.1, -0.05) is 35.4 Å². The van der Waals surface area contributed by atoms with Crippen LogP contribution in [0.15, 0.2) is 59.7 Å². The number of carbonyl (C=O) groups is 1. The van der Waals surface area contributed by atoms with E-state index in [0.29, 0.717) is 17.2 Å². The van der Waals surface area contributed by atoms with E-state index in [9.17, 15) is 10.1 Å². The van der Waals surface area contributed by atoms with Crippen LogP contribution in [-0.4, -0.2) is 12.4 Å². The number of allylic oxidation sites excluding steroid dienone is 1. The van der Waals surface area contributed by atoms with Crippen molar-refractivity contribution in [2.24, 2.45) is 0 Å². The van der Waals surface area contributed by atoms with Gasteiger partial charge in [0.05, 0.1) is 0 Å². The lowest BCUT2D eigenvalue weighted by Crippen LogP contribution is -2.08. The number of ether oxygens (including phenoxy) is 1. The standard InChI is InChI=1S/C20H14ClNO2/c1-13-3-2-4-15(7-13)20(23)17(11-22)9-14-8-16-10-18(21)5-6-19(16)24-12-14/h2-10H,12H2,1H3/b17-9-. The molecule has 0 unspecified atom stereocenters. The van der Waals surface area contributed by atoms with Crippen molar-refractivity contribution < 1.29 is 9.53 Å². The van der Waals surface area contributed by atoms with E-state index >= 15 is 0 Å². The summed E-state index contributed by atoms with van der Waals surface area (Å²) in [6.45, 7) is 2.21. The molecule has 2 aromatic carbocycles. The van der Waals surface area contributed by atoms with Gasteiger partial charge in [0.2, 0.25) is 5.78 Å². The Kier molecular flexibility index (Phi) is 4.50. The molecule has 0 bridgehead atoms. The number of nitrogens with zero attached hydrogens (tertiary/aromatic N) is 1. The monoisotopic (exact) mass is 335 g/mol. The highest BCUT2D eigenvalue weighted by molar-refractivity contribution is 6.30. The van der Waals surface area contributed by atoms with Gasteiger partial charge in [-0.3, -0.25) is 4.79 Å². The molecule has 3 nitrogen and oxygen atoms in total. The van der Waals surface area contributed by atoms with Crippen LogP contribution < -0.4 is 4.74 Å². The van der Waals surface area contributed by atoms with E-state index in [4.69, 9.17) is 16.3 Å². The van der Waals surface area contributed by atoms with Crippen molar-refractivity contribution in [2.45, 2.75) is 6.92 Å². The number of Topliss-reactive ketones (excluding diaryl/α,β-unsaturated/α-hetero) is 1. The minimum atomic E-state index is -0.293. The van der Waals surface area contributed by atoms with Crippen LogP contribution >= 0.6 is 11.6 Å². The van der Waals surface area contributed by atoms with Gasteiger partial charge in [0.25, 0.3) is 0 Å². The van der Waals surface area contributed by atoms with E-state index in [1.165, 1.54) is 0 Å². The number of hydrogen-bond acceptors (Lipinski definition) is 3. The molecule has 1 aliphatic rings. The maximum atomic E-state index is 12.5. The zero-order chi connectivity index (χ0) is 17.1. The quantitative estimate of drug-likeness (QED) is 0.461. The van der Waals surface area contributed by atoms with Crippen LogP contribution in [-0.2, 0) is 0 Å². The molecule has 0 N–H and O–H groups in total. The SMILES string of the molecule is Cc1cccc(C(=O)/C(C#N)=C\C2=Cc3cc(Cl)ccc3OC2)c1. The summed E-state index contributed by atoms with van der Waals surface area (Å²) >= 11 is 6.00. The van der Waals surface area contributed by atoms with Crippen LogP contribution in [0.5, 0.6) is 5.75 Å². The van der Waals surface area contributed by atoms with Gasteiger partial charge < -0.3 is 4.74 Å². The highest BCUT2D eigenvalue weighted by atomic mass is 35.5. The van der Waals surface area contributed by atoms with Gasteiger partial charge in [-0.05, 0) is 48.9 Å². The average molecular weight is 336 g/mol. The van der Waals surface area contributed by atoms with Gasteiger partial charge in [0.1, 0.15) is 24.0 Å². The van der Waals surface area contributed by atoms with Gasteiger partial charge in [-0.15, -0.1) is 0 Å². The second-order valence-corrected chi connectivity index (χ2v) is 5.99. The first-order valence-corrected chi connectivity index (χ1v) is 7.81. The van der Waals surface area contributed by atoms with Crippen LogP contribution in [0.1, 0.15) is 21.5 Å². The Hall–Kier alpha value is -2.83. The molecular formula is C20H14ClNO2. The van der Waals surface area contributed by atoms with Crippen LogP contribution in [0, 0.1) is 18.3 Å². The maximum absolute atomic E-state index is 12.5. The van der Waals surface area contributed by atoms with Crippen molar-refractivity contribution in [2.75, 3.05) is 6.61 Å². The minimum absolute atomic E-state index is 0.0842. The molecule has 0 aliphatic carbocycles. The molecule has 0 radical (unpaired) electrons. The van der Waals surface area contributed by atoms with Crippen molar-refractivity contribution in [3.05, 3.63) is 81.4 Å². The molecule has 3 rings (SSSR count). The molecule has 24 heavy (non-hydrogen) atoms. The van der Waals surface area contributed by atoms with E-state index < -0.39 is 0 Å². The topological polar surface area (TPSA) is 50.1 Å². The normalized spacial score (nSPS) is 13.4. The molecule has 0 saturated heterocycles. The predicted octanol–water partition coefficient (Wildman–Crippen LogP) is 4.76. The summed E-state index contributed by atoms with van der Waals surface area (Å²) in [7, 11) is 0. The lowest BCUT2D eigenvalue weighted by atomic mass is 9.99. The number of carbonyl (C=O) groups excluding carboxylic acids is 1. The van der Waals surface area contributed by atoms with Crippen LogP contribution in [0.25, 0.3) is 6.08 Å². The number of hydrogen-bond donors (Lipinski definition) is 0. The van der Waals surface area contributed by atoms with E-state index in [1.807, 2.05) is 25.1 Å². The summed E-state index contributed by atoms with van der Waals surface area (Å²) in [5.74, 6) is 0.444. The van der Waals surface area contributed by atoms with Crippen molar-refractivity contribution >= 4 is 23.5 Å². The molecule has 1 heterocycles. The summed E-state index contributed by atoms with van der Waals surface area (Å²) in [5.41, 5.74) is 3.15. The summed E-state index contributed by atoms with van der Waals surface area (Å²) < 4.78 is 5.65. The molecule has 0 spiro atoms. The molecule has 2 aromatic rings. The van der Waals surface area contributed by atoms with Crippen LogP contribution in [0.2, 0.25) is 5.02 Å². The molecular weight excluding hydrogens is 322 g/mol. The van der Waals surface area contributed by atoms with Gasteiger partial charge in [-0.2, -0.15) is 5.26 Å². The van der Waals surface area contributed by atoms with Crippen LogP contribution in [0.3, 0.4) is 0 Å². The fourth-order valence-electron chi connectivity index (χ4n) is 2.53. The lowest BCUT2D eigenvalue weighted by molar-refractivity contribution is 0.103. The predicted molar refractivity (Wildman–Crippen MR) is 94.1 cm³/mol. The third-order valence-electron chi connectivity index (χ3n) is 3.68. The second-order valence-electron chi connectivity index (χ2n) is 5.56. The number of fused-ring (bicyclic) bond motifs is 1. The second kappa shape index (κ2) is 6.74. The minimum Gasteiger partial charge on any atom is -0.488 e. The Morgan fingerprint density at radius 3 is 2.88 bits per heavy atom. The smallest absolute Gasteiger partial charge is 0.203 e. The molecule has 0 aromatic heterocycles. The summed E-state index contributed by atoms with van der Waals surface area (Å²) in [6.07, 6.45) is 3.46. The number of rotatable bonds is 3. The molecule has 1 aliphatic heterocycles. The summed E-state index contributed by atoms with van der Waals surface area (Å²) in [4.78, 5) is 12.5. The van der Waals surface area contributed by atoms with E-state index in [0.717, 1.165) is 22.4 Å². The van der Waals surface area contributed by atoms with Gasteiger partial charge in [0.15, 0.2) is 0 Å². The number of nitriles is 1. The molecule has 0 saturated carbocycles. The fraction of sp³-hybridized carbons (Fsp3) is 0.100. The fourth-order valence-corrected chi connectivity index (χ4v) is 2.71.